The van der Waals surface area contributed by atoms with Gasteiger partial charge in [0.1, 0.15) is 5.52 Å². The lowest BCUT2D eigenvalue weighted by Crippen LogP contribution is -2.19. The van der Waals surface area contributed by atoms with Gasteiger partial charge in [0.05, 0.1) is 5.69 Å². The topological polar surface area (TPSA) is 55.3 Å². The molecule has 1 unspecified atom stereocenters. The summed E-state index contributed by atoms with van der Waals surface area (Å²) in [5, 5.41) is 0. The standard InChI is InChI=1S/C14H19N3O/c1-2-4-10-7-8-17(9-10)14-16-13-11(15)5-3-6-12(13)18-14/h3,5-6,10H,2,4,7-9,15H2,1H3. The zero-order valence-corrected chi connectivity index (χ0v) is 10.7. The summed E-state index contributed by atoms with van der Waals surface area (Å²) in [6, 6.07) is 6.40. The first-order chi connectivity index (χ1) is 8.78. The molecule has 1 aliphatic rings. The lowest BCUT2D eigenvalue weighted by molar-refractivity contribution is 0.522. The molecule has 4 nitrogen and oxygen atoms in total. The van der Waals surface area contributed by atoms with Gasteiger partial charge in [0, 0.05) is 13.1 Å². The Morgan fingerprint density at radius 2 is 2.39 bits per heavy atom. The van der Waals surface area contributed by atoms with Gasteiger partial charge in [-0.05, 0) is 30.9 Å². The summed E-state index contributed by atoms with van der Waals surface area (Å²) < 4.78 is 5.79. The Bertz CT molecular complexity index is 549. The molecule has 0 amide bonds. The molecule has 0 aliphatic carbocycles. The molecule has 2 aromatic rings. The Labute approximate surface area is 107 Å². The maximum Gasteiger partial charge on any atom is 0.298 e. The Kier molecular flexibility index (Phi) is 2.86. The van der Waals surface area contributed by atoms with E-state index in [0.29, 0.717) is 5.69 Å². The van der Waals surface area contributed by atoms with Crippen molar-refractivity contribution in [2.45, 2.75) is 26.2 Å². The second-order valence-corrected chi connectivity index (χ2v) is 5.08. The molecule has 2 N–H and O–H groups in total. The average Bonchev–Trinajstić information content (AvgIpc) is 2.96. The van der Waals surface area contributed by atoms with Crippen LogP contribution in [0.15, 0.2) is 22.6 Å². The number of hydrogen-bond donors (Lipinski definition) is 1. The first-order valence-corrected chi connectivity index (χ1v) is 6.68. The number of nitrogens with two attached hydrogens (primary N) is 1. The van der Waals surface area contributed by atoms with Gasteiger partial charge in [0.25, 0.3) is 6.01 Å². The maximum atomic E-state index is 5.90. The van der Waals surface area contributed by atoms with E-state index < -0.39 is 0 Å². The van der Waals surface area contributed by atoms with Gasteiger partial charge in [-0.2, -0.15) is 4.98 Å². The molecule has 4 heteroatoms. The lowest BCUT2D eigenvalue weighted by Gasteiger charge is -2.12. The van der Waals surface area contributed by atoms with Crippen molar-refractivity contribution in [3.8, 4) is 0 Å². The molecule has 0 radical (unpaired) electrons. The average molecular weight is 245 g/mol. The minimum atomic E-state index is 0.687. The van der Waals surface area contributed by atoms with Crippen LogP contribution in [0.25, 0.3) is 11.1 Å². The maximum absolute atomic E-state index is 5.90. The van der Waals surface area contributed by atoms with Crippen LogP contribution < -0.4 is 10.6 Å². The Morgan fingerprint density at radius 3 is 3.17 bits per heavy atom. The van der Waals surface area contributed by atoms with E-state index in [2.05, 4.69) is 16.8 Å². The van der Waals surface area contributed by atoms with Crippen molar-refractivity contribution < 1.29 is 4.42 Å². The van der Waals surface area contributed by atoms with Gasteiger partial charge < -0.3 is 15.1 Å². The second kappa shape index (κ2) is 4.52. The summed E-state index contributed by atoms with van der Waals surface area (Å²) in [6.45, 7) is 4.33. The molecule has 1 aromatic heterocycles. The van der Waals surface area contributed by atoms with Crippen LogP contribution in [0.2, 0.25) is 0 Å². The summed E-state index contributed by atoms with van der Waals surface area (Å²) in [5.41, 5.74) is 8.15. The monoisotopic (exact) mass is 245 g/mol. The molecule has 0 saturated carbocycles. The quantitative estimate of drug-likeness (QED) is 0.844. The van der Waals surface area contributed by atoms with Gasteiger partial charge in [-0.25, -0.2) is 0 Å². The van der Waals surface area contributed by atoms with Crippen molar-refractivity contribution in [3.05, 3.63) is 18.2 Å². The number of fused-ring (bicyclic) bond motifs is 1. The molecule has 2 heterocycles. The number of nitrogens with zero attached hydrogens (tertiary/aromatic N) is 2. The minimum Gasteiger partial charge on any atom is -0.423 e. The van der Waals surface area contributed by atoms with Crippen molar-refractivity contribution in [3.63, 3.8) is 0 Å². The van der Waals surface area contributed by atoms with E-state index in [9.17, 15) is 0 Å². The number of para-hydroxylation sites is 1. The first kappa shape index (κ1) is 11.4. The van der Waals surface area contributed by atoms with Gasteiger partial charge >= 0.3 is 0 Å². The molecule has 18 heavy (non-hydrogen) atoms. The number of anilines is 2. The molecule has 0 spiro atoms. The van der Waals surface area contributed by atoms with Crippen LogP contribution in [0.5, 0.6) is 0 Å². The van der Waals surface area contributed by atoms with E-state index in [1.807, 2.05) is 18.2 Å². The van der Waals surface area contributed by atoms with Crippen LogP contribution in [-0.2, 0) is 0 Å². The highest BCUT2D eigenvalue weighted by Gasteiger charge is 2.25. The molecule has 1 atom stereocenters. The fourth-order valence-electron chi connectivity index (χ4n) is 2.74. The highest BCUT2D eigenvalue weighted by atomic mass is 16.4. The number of nitrogen functional groups attached to an aromatic ring is 1. The van der Waals surface area contributed by atoms with E-state index in [-0.39, 0.29) is 0 Å². The van der Waals surface area contributed by atoms with Crippen LogP contribution in [-0.4, -0.2) is 18.1 Å². The summed E-state index contributed by atoms with van der Waals surface area (Å²) in [5.74, 6) is 0.780. The van der Waals surface area contributed by atoms with E-state index in [4.69, 9.17) is 10.2 Å². The molecule has 1 aromatic carbocycles. The van der Waals surface area contributed by atoms with Gasteiger partial charge in [0.2, 0.25) is 0 Å². The fourth-order valence-corrected chi connectivity index (χ4v) is 2.74. The molecular formula is C14H19N3O. The first-order valence-electron chi connectivity index (χ1n) is 6.68. The summed E-state index contributed by atoms with van der Waals surface area (Å²) >= 11 is 0. The lowest BCUT2D eigenvalue weighted by atomic mass is 10.0. The number of hydrogen-bond acceptors (Lipinski definition) is 4. The SMILES string of the molecule is CCCC1CCN(c2nc3c(N)cccc3o2)C1. The third-order valence-electron chi connectivity index (χ3n) is 3.69. The predicted octanol–water partition coefficient (Wildman–Crippen LogP) is 3.04. The number of oxazole rings is 1. The second-order valence-electron chi connectivity index (χ2n) is 5.08. The van der Waals surface area contributed by atoms with Crippen molar-refractivity contribution in [1.29, 1.82) is 0 Å². The number of rotatable bonds is 3. The van der Waals surface area contributed by atoms with E-state index in [0.717, 1.165) is 36.1 Å². The molecule has 1 saturated heterocycles. The Morgan fingerprint density at radius 1 is 1.50 bits per heavy atom. The Balaban J connectivity index is 1.85. The molecule has 1 fully saturated rings. The minimum absolute atomic E-state index is 0.687. The largest absolute Gasteiger partial charge is 0.423 e. The summed E-state index contributed by atoms with van der Waals surface area (Å²) in [7, 11) is 0. The summed E-state index contributed by atoms with van der Waals surface area (Å²) in [6.07, 6.45) is 3.78. The zero-order chi connectivity index (χ0) is 12.5. The summed E-state index contributed by atoms with van der Waals surface area (Å²) in [4.78, 5) is 6.76. The van der Waals surface area contributed by atoms with Crippen LogP contribution >= 0.6 is 0 Å². The highest BCUT2D eigenvalue weighted by molar-refractivity contribution is 5.86. The van der Waals surface area contributed by atoms with E-state index in [1.54, 1.807) is 0 Å². The zero-order valence-electron chi connectivity index (χ0n) is 10.7. The predicted molar refractivity (Wildman–Crippen MR) is 73.6 cm³/mol. The van der Waals surface area contributed by atoms with Crippen LogP contribution in [0.3, 0.4) is 0 Å². The van der Waals surface area contributed by atoms with Crippen molar-refractivity contribution >= 4 is 22.8 Å². The Hall–Kier alpha value is -1.71. The van der Waals surface area contributed by atoms with Crippen molar-refractivity contribution in [1.82, 2.24) is 4.98 Å². The molecule has 3 rings (SSSR count). The van der Waals surface area contributed by atoms with Gasteiger partial charge in [-0.15, -0.1) is 0 Å². The van der Waals surface area contributed by atoms with Gasteiger partial charge in [-0.1, -0.05) is 19.4 Å². The van der Waals surface area contributed by atoms with E-state index in [1.165, 1.54) is 19.3 Å². The van der Waals surface area contributed by atoms with Crippen molar-refractivity contribution in [2.75, 3.05) is 23.7 Å². The van der Waals surface area contributed by atoms with Crippen LogP contribution in [0, 0.1) is 5.92 Å². The van der Waals surface area contributed by atoms with Crippen LogP contribution in [0.4, 0.5) is 11.7 Å². The third-order valence-corrected chi connectivity index (χ3v) is 3.69. The van der Waals surface area contributed by atoms with Crippen LogP contribution in [0.1, 0.15) is 26.2 Å². The molecule has 1 aliphatic heterocycles. The smallest absolute Gasteiger partial charge is 0.298 e. The van der Waals surface area contributed by atoms with Gasteiger partial charge in [0.15, 0.2) is 5.58 Å². The molecular weight excluding hydrogens is 226 g/mol. The van der Waals surface area contributed by atoms with E-state index >= 15 is 0 Å². The fraction of sp³-hybridized carbons (Fsp3) is 0.500. The van der Waals surface area contributed by atoms with Crippen molar-refractivity contribution in [2.24, 2.45) is 5.92 Å². The number of aromatic nitrogens is 1. The molecule has 96 valence electrons. The number of benzene rings is 1. The highest BCUT2D eigenvalue weighted by Crippen LogP contribution is 2.30. The third kappa shape index (κ3) is 1.92. The normalized spacial score (nSPS) is 19.8. The van der Waals surface area contributed by atoms with Gasteiger partial charge in [-0.3, -0.25) is 0 Å². The molecule has 0 bridgehead atoms.